The van der Waals surface area contributed by atoms with Crippen LogP contribution in [0.25, 0.3) is 0 Å². The molecule has 0 aromatic heterocycles. The molecule has 0 heterocycles. The van der Waals surface area contributed by atoms with Crippen LogP contribution in [0.4, 0.5) is 0 Å². The molecule has 0 unspecified atom stereocenters. The van der Waals surface area contributed by atoms with Crippen molar-refractivity contribution in [3.05, 3.63) is 24.3 Å². The van der Waals surface area contributed by atoms with Crippen molar-refractivity contribution >= 4 is 33.9 Å². The topological polar surface area (TPSA) is 52.6 Å². The molecule has 0 aliphatic rings. The molecular formula is C36H66O4Sn. The smallest absolute Gasteiger partial charge is 0.0654 e. The van der Waals surface area contributed by atoms with Crippen molar-refractivity contribution < 1.29 is 15.7 Å². The van der Waals surface area contributed by atoms with Crippen molar-refractivity contribution in [3.8, 4) is 0 Å². The first-order valence-corrected chi connectivity index (χ1v) is 20.0. The number of hydrogen-bond donors (Lipinski definition) is 0. The molecule has 0 atom stereocenters. The first kappa shape index (κ1) is 40.2. The molecule has 0 spiro atoms. The van der Waals surface area contributed by atoms with Crippen molar-refractivity contribution in [1.29, 1.82) is 0 Å². The van der Waals surface area contributed by atoms with Crippen LogP contribution in [-0.2, 0) is 15.7 Å². The van der Waals surface area contributed by atoms with Crippen LogP contribution in [0.3, 0.4) is 0 Å². The minimum Gasteiger partial charge on any atom is -0.0654 e. The van der Waals surface area contributed by atoms with Crippen LogP contribution in [0, 0.1) is 0 Å². The Bertz CT molecular complexity index is 565. The van der Waals surface area contributed by atoms with E-state index in [1.807, 2.05) is 12.2 Å². The molecule has 41 heavy (non-hydrogen) atoms. The Kier molecular flexibility index (Phi) is 34.7. The molecule has 0 aliphatic carbocycles. The van der Waals surface area contributed by atoms with Crippen LogP contribution in [0.15, 0.2) is 24.3 Å². The molecular weight excluding hydrogens is 615 g/mol. The molecule has 0 N–H and O–H groups in total. The normalized spacial score (nSPS) is 11.6. The first-order chi connectivity index (χ1) is 20.2. The van der Waals surface area contributed by atoms with E-state index in [9.17, 15) is 9.59 Å². The van der Waals surface area contributed by atoms with Crippen LogP contribution >= 0.6 is 0 Å². The first-order valence-electron chi connectivity index (χ1n) is 17.7. The Balaban J connectivity index is 3.40. The Labute approximate surface area is 266 Å². The Morgan fingerprint density at radius 1 is 0.415 bits per heavy atom. The molecule has 0 aromatic rings. The van der Waals surface area contributed by atoms with E-state index in [-0.39, 0.29) is 11.9 Å². The SMILES string of the molecule is CCCCCCCCCCCCCCCC=CC(=O)[O][Sn][O]C(=O)C=CCCCCCCCCCCCCCCC. The molecule has 0 saturated carbocycles. The summed E-state index contributed by atoms with van der Waals surface area (Å²) in [7, 11) is 0. The number of rotatable bonds is 32. The van der Waals surface area contributed by atoms with Crippen molar-refractivity contribution in [3.63, 3.8) is 0 Å². The average Bonchev–Trinajstić information content (AvgIpc) is 2.97. The van der Waals surface area contributed by atoms with E-state index in [1.165, 1.54) is 166 Å². The molecule has 0 fully saturated rings. The van der Waals surface area contributed by atoms with E-state index in [2.05, 4.69) is 13.8 Å². The Morgan fingerprint density at radius 3 is 0.927 bits per heavy atom. The molecule has 0 aliphatic heterocycles. The van der Waals surface area contributed by atoms with Gasteiger partial charge in [0.2, 0.25) is 0 Å². The summed E-state index contributed by atoms with van der Waals surface area (Å²) in [5.74, 6) is -0.759. The summed E-state index contributed by atoms with van der Waals surface area (Å²) >= 11 is -1.91. The van der Waals surface area contributed by atoms with Crippen molar-refractivity contribution in [2.75, 3.05) is 0 Å². The van der Waals surface area contributed by atoms with Gasteiger partial charge in [-0.05, 0) is 0 Å². The standard InChI is InChI=1S/2C18H34O2.Sn/c2*1-2-3-4-5-6-7-8-9-10-11-12-13-14-15-16-17-18(19)20;/h2*16-17H,2-15H2,1H3,(H,19,20);/q;;+2/p-2. The maximum atomic E-state index is 11.8. The van der Waals surface area contributed by atoms with Gasteiger partial charge in [-0.25, -0.2) is 0 Å². The summed E-state index contributed by atoms with van der Waals surface area (Å²) < 4.78 is 10.3. The molecule has 0 bridgehead atoms. The van der Waals surface area contributed by atoms with Crippen molar-refractivity contribution in [2.24, 2.45) is 0 Å². The van der Waals surface area contributed by atoms with Crippen molar-refractivity contribution in [2.45, 2.75) is 194 Å². The van der Waals surface area contributed by atoms with Gasteiger partial charge in [0.1, 0.15) is 0 Å². The second kappa shape index (κ2) is 35.4. The zero-order valence-electron chi connectivity index (χ0n) is 27.2. The van der Waals surface area contributed by atoms with Gasteiger partial charge in [-0.15, -0.1) is 0 Å². The molecule has 5 heteroatoms. The molecule has 0 saturated heterocycles. The zero-order valence-corrected chi connectivity index (χ0v) is 30.1. The molecule has 4 nitrogen and oxygen atoms in total. The van der Waals surface area contributed by atoms with E-state index >= 15 is 0 Å². The van der Waals surface area contributed by atoms with Gasteiger partial charge in [0.05, 0.1) is 0 Å². The van der Waals surface area contributed by atoms with Gasteiger partial charge in [-0.2, -0.15) is 0 Å². The van der Waals surface area contributed by atoms with E-state index in [0.29, 0.717) is 0 Å². The molecule has 2 radical (unpaired) electrons. The van der Waals surface area contributed by atoms with Gasteiger partial charge >= 0.3 is 177 Å². The Hall–Kier alpha value is -0.781. The number of hydrogen-bond acceptors (Lipinski definition) is 4. The van der Waals surface area contributed by atoms with Crippen LogP contribution < -0.4 is 0 Å². The molecule has 238 valence electrons. The maximum absolute atomic E-state index is 11.8. The van der Waals surface area contributed by atoms with E-state index < -0.39 is 22.0 Å². The fraction of sp³-hybridized carbons (Fsp3) is 0.833. The minimum absolute atomic E-state index is 0.380. The third-order valence-electron chi connectivity index (χ3n) is 7.74. The zero-order chi connectivity index (χ0) is 29.9. The number of carbonyl (C=O) groups is 2. The second-order valence-electron chi connectivity index (χ2n) is 11.8. The van der Waals surface area contributed by atoms with E-state index in [0.717, 1.165) is 25.7 Å². The predicted octanol–water partition coefficient (Wildman–Crippen LogP) is 11.7. The predicted molar refractivity (Wildman–Crippen MR) is 177 cm³/mol. The molecule has 0 amide bonds. The van der Waals surface area contributed by atoms with Gasteiger partial charge in [-0.3, -0.25) is 0 Å². The van der Waals surface area contributed by atoms with Crippen LogP contribution in [-0.4, -0.2) is 33.9 Å². The van der Waals surface area contributed by atoms with E-state index in [1.54, 1.807) is 0 Å². The summed E-state index contributed by atoms with van der Waals surface area (Å²) in [6, 6.07) is 0. The summed E-state index contributed by atoms with van der Waals surface area (Å²) in [6.07, 6.45) is 43.4. The van der Waals surface area contributed by atoms with Gasteiger partial charge in [0.15, 0.2) is 0 Å². The fourth-order valence-electron chi connectivity index (χ4n) is 5.09. The van der Waals surface area contributed by atoms with Gasteiger partial charge in [-0.1, -0.05) is 90.9 Å². The molecule has 0 aromatic carbocycles. The minimum atomic E-state index is -1.91. The van der Waals surface area contributed by atoms with Gasteiger partial charge in [0.25, 0.3) is 0 Å². The van der Waals surface area contributed by atoms with E-state index in [4.69, 9.17) is 6.15 Å². The summed E-state index contributed by atoms with van der Waals surface area (Å²) in [5.41, 5.74) is 0. The van der Waals surface area contributed by atoms with Gasteiger partial charge < -0.3 is 0 Å². The fourth-order valence-corrected chi connectivity index (χ4v) is 6.07. The third-order valence-corrected chi connectivity index (χ3v) is 9.37. The average molecular weight is 682 g/mol. The van der Waals surface area contributed by atoms with Crippen LogP contribution in [0.2, 0.25) is 0 Å². The number of allylic oxidation sites excluding steroid dienone is 2. The quantitative estimate of drug-likeness (QED) is 0.0403. The number of carbonyl (C=O) groups excluding carboxylic acids is 2. The third kappa shape index (κ3) is 35.3. The number of unbranched alkanes of at least 4 members (excludes halogenated alkanes) is 26. The van der Waals surface area contributed by atoms with Crippen LogP contribution in [0.1, 0.15) is 194 Å². The summed E-state index contributed by atoms with van der Waals surface area (Å²) in [6.45, 7) is 4.54. The summed E-state index contributed by atoms with van der Waals surface area (Å²) in [5, 5.41) is 0. The monoisotopic (exact) mass is 682 g/mol. The second-order valence-corrected chi connectivity index (χ2v) is 13.4. The molecule has 0 rings (SSSR count). The van der Waals surface area contributed by atoms with Gasteiger partial charge in [0, 0.05) is 0 Å². The summed E-state index contributed by atoms with van der Waals surface area (Å²) in [4.78, 5) is 23.6. The van der Waals surface area contributed by atoms with Crippen LogP contribution in [0.5, 0.6) is 0 Å². The Morgan fingerprint density at radius 2 is 0.659 bits per heavy atom. The van der Waals surface area contributed by atoms with Crippen molar-refractivity contribution in [1.82, 2.24) is 0 Å².